The first-order valence-corrected chi connectivity index (χ1v) is 9.68. The highest BCUT2D eigenvalue weighted by Crippen LogP contribution is 2.33. The van der Waals surface area contributed by atoms with Crippen LogP contribution in [0.15, 0.2) is 47.0 Å². The number of para-hydroxylation sites is 1. The maximum Gasteiger partial charge on any atom is 0.236 e. The Balaban J connectivity index is 1.30. The van der Waals surface area contributed by atoms with E-state index in [-0.39, 0.29) is 5.91 Å². The van der Waals surface area contributed by atoms with Gasteiger partial charge in [-0.15, -0.1) is 0 Å². The number of H-pyrrole nitrogens is 1. The van der Waals surface area contributed by atoms with E-state index in [1.54, 1.807) is 4.90 Å². The van der Waals surface area contributed by atoms with Crippen molar-refractivity contribution in [1.29, 1.82) is 0 Å². The van der Waals surface area contributed by atoms with Gasteiger partial charge in [-0.3, -0.25) is 9.69 Å². The molecule has 0 saturated carbocycles. The maximum absolute atomic E-state index is 12.5. The molecule has 2 aromatic heterocycles. The Bertz CT molecular complexity index is 918. The number of furan rings is 1. The number of benzene rings is 1. The minimum Gasteiger partial charge on any atom is -0.464 e. The largest absolute Gasteiger partial charge is 0.464 e. The molecule has 5 heteroatoms. The molecule has 0 unspecified atom stereocenters. The number of aromatic nitrogens is 1. The van der Waals surface area contributed by atoms with Crippen LogP contribution in [0.3, 0.4) is 0 Å². The van der Waals surface area contributed by atoms with Crippen LogP contribution in [-0.2, 0) is 11.3 Å². The van der Waals surface area contributed by atoms with Crippen LogP contribution in [-0.4, -0.2) is 47.4 Å². The molecule has 0 bridgehead atoms. The Kier molecular flexibility index (Phi) is 5.03. The fourth-order valence-electron chi connectivity index (χ4n) is 4.04. The third-order valence-corrected chi connectivity index (χ3v) is 5.62. The van der Waals surface area contributed by atoms with Crippen LogP contribution in [0.1, 0.15) is 35.8 Å². The second-order valence-corrected chi connectivity index (χ2v) is 7.60. The number of carbonyl (C=O) groups is 1. The summed E-state index contributed by atoms with van der Waals surface area (Å²) >= 11 is 0. The number of fused-ring (bicyclic) bond motifs is 1. The van der Waals surface area contributed by atoms with E-state index in [0.29, 0.717) is 19.0 Å². The molecule has 4 rings (SSSR count). The fraction of sp³-hybridized carbons (Fsp3) is 0.409. The van der Waals surface area contributed by atoms with Crippen molar-refractivity contribution in [1.82, 2.24) is 14.8 Å². The van der Waals surface area contributed by atoms with Gasteiger partial charge in [-0.1, -0.05) is 18.2 Å². The number of rotatable bonds is 5. The van der Waals surface area contributed by atoms with Crippen molar-refractivity contribution in [3.8, 4) is 0 Å². The molecule has 3 heterocycles. The average molecular weight is 365 g/mol. The van der Waals surface area contributed by atoms with E-state index in [1.807, 2.05) is 26.1 Å². The van der Waals surface area contributed by atoms with Crippen LogP contribution in [0.2, 0.25) is 0 Å². The molecule has 0 spiro atoms. The molecule has 142 valence electrons. The quantitative estimate of drug-likeness (QED) is 0.746. The molecule has 3 aromatic rings. The van der Waals surface area contributed by atoms with Crippen molar-refractivity contribution >= 4 is 16.8 Å². The molecule has 1 amide bonds. The number of likely N-dealkylation sites (N-methyl/N-ethyl adjacent to an activating group) is 1. The second-order valence-electron chi connectivity index (χ2n) is 7.60. The van der Waals surface area contributed by atoms with Gasteiger partial charge in [0.15, 0.2) is 0 Å². The lowest BCUT2D eigenvalue weighted by atomic mass is 9.89. The number of carbonyl (C=O) groups excluding carboxylic acids is 1. The van der Waals surface area contributed by atoms with Gasteiger partial charge in [-0.05, 0) is 62.5 Å². The summed E-state index contributed by atoms with van der Waals surface area (Å²) in [6, 6.07) is 12.4. The van der Waals surface area contributed by atoms with E-state index in [2.05, 4.69) is 40.3 Å². The number of aryl methyl sites for hydroxylation is 1. The molecule has 1 N–H and O–H groups in total. The highest BCUT2D eigenvalue weighted by atomic mass is 16.3. The molecule has 1 aliphatic heterocycles. The molecular weight excluding hydrogens is 338 g/mol. The summed E-state index contributed by atoms with van der Waals surface area (Å²) in [5.41, 5.74) is 2.63. The van der Waals surface area contributed by atoms with Gasteiger partial charge >= 0.3 is 0 Å². The highest BCUT2D eigenvalue weighted by Gasteiger charge is 2.24. The predicted octanol–water partition coefficient (Wildman–Crippen LogP) is 3.91. The predicted molar refractivity (Wildman–Crippen MR) is 107 cm³/mol. The van der Waals surface area contributed by atoms with Gasteiger partial charge in [0.1, 0.15) is 11.5 Å². The van der Waals surface area contributed by atoms with Crippen LogP contribution in [0.25, 0.3) is 10.9 Å². The number of hydrogen-bond donors (Lipinski definition) is 1. The first-order valence-electron chi connectivity index (χ1n) is 9.68. The van der Waals surface area contributed by atoms with Crippen molar-refractivity contribution in [2.75, 3.05) is 26.7 Å². The third kappa shape index (κ3) is 3.93. The molecule has 27 heavy (non-hydrogen) atoms. The average Bonchev–Trinajstić information content (AvgIpc) is 3.28. The summed E-state index contributed by atoms with van der Waals surface area (Å²) in [7, 11) is 1.85. The van der Waals surface area contributed by atoms with Crippen molar-refractivity contribution in [3.63, 3.8) is 0 Å². The molecular formula is C22H27N3O2. The van der Waals surface area contributed by atoms with Crippen molar-refractivity contribution in [2.45, 2.75) is 32.2 Å². The zero-order chi connectivity index (χ0) is 18.8. The normalized spacial score (nSPS) is 16.1. The fourth-order valence-corrected chi connectivity index (χ4v) is 4.04. The lowest BCUT2D eigenvalue weighted by molar-refractivity contribution is -0.132. The lowest BCUT2D eigenvalue weighted by Gasteiger charge is -2.32. The van der Waals surface area contributed by atoms with E-state index in [4.69, 9.17) is 4.42 Å². The molecule has 0 aliphatic carbocycles. The molecule has 1 fully saturated rings. The summed E-state index contributed by atoms with van der Waals surface area (Å²) in [6.07, 6.45) is 4.35. The highest BCUT2D eigenvalue weighted by molar-refractivity contribution is 5.83. The molecule has 5 nitrogen and oxygen atoms in total. The number of hydrogen-bond acceptors (Lipinski definition) is 3. The summed E-state index contributed by atoms with van der Waals surface area (Å²) in [5.74, 6) is 2.43. The molecule has 0 radical (unpaired) electrons. The minimum atomic E-state index is 0.148. The second kappa shape index (κ2) is 7.61. The van der Waals surface area contributed by atoms with E-state index in [1.165, 1.54) is 16.5 Å². The molecule has 1 saturated heterocycles. The maximum atomic E-state index is 12.5. The van der Waals surface area contributed by atoms with Crippen LogP contribution in [0, 0.1) is 6.92 Å². The van der Waals surface area contributed by atoms with Crippen LogP contribution in [0.4, 0.5) is 0 Å². The smallest absolute Gasteiger partial charge is 0.236 e. The SMILES string of the molecule is Cc1ccc(CN(C)C(=O)CN2CCC(c3c[nH]c4ccccc34)CC2)o1. The van der Waals surface area contributed by atoms with Gasteiger partial charge in [0.25, 0.3) is 0 Å². The van der Waals surface area contributed by atoms with Crippen molar-refractivity contribution in [3.05, 3.63) is 59.7 Å². The number of aromatic amines is 1. The number of amides is 1. The minimum absolute atomic E-state index is 0.148. The monoisotopic (exact) mass is 365 g/mol. The van der Waals surface area contributed by atoms with Crippen molar-refractivity contribution < 1.29 is 9.21 Å². The van der Waals surface area contributed by atoms with Gasteiger partial charge in [-0.25, -0.2) is 0 Å². The molecule has 1 aliphatic rings. The Labute approximate surface area is 159 Å². The van der Waals surface area contributed by atoms with Crippen LogP contribution < -0.4 is 0 Å². The Morgan fingerprint density at radius 1 is 1.22 bits per heavy atom. The Morgan fingerprint density at radius 2 is 2.00 bits per heavy atom. The van der Waals surface area contributed by atoms with E-state index < -0.39 is 0 Å². The Hall–Kier alpha value is -2.53. The number of nitrogens with zero attached hydrogens (tertiary/aromatic N) is 2. The van der Waals surface area contributed by atoms with E-state index >= 15 is 0 Å². The first-order chi connectivity index (χ1) is 13.1. The van der Waals surface area contributed by atoms with Crippen LogP contribution >= 0.6 is 0 Å². The number of likely N-dealkylation sites (tertiary alicyclic amines) is 1. The third-order valence-electron chi connectivity index (χ3n) is 5.62. The first kappa shape index (κ1) is 17.9. The zero-order valence-corrected chi connectivity index (χ0v) is 16.1. The molecule has 1 aromatic carbocycles. The lowest BCUT2D eigenvalue weighted by Crippen LogP contribution is -2.41. The standard InChI is InChI=1S/C22H27N3O2/c1-16-7-8-18(27-16)14-24(2)22(26)15-25-11-9-17(10-12-25)20-13-23-21-6-4-3-5-19(20)21/h3-8,13,17,23H,9-12,14-15H2,1-2H3. The van der Waals surface area contributed by atoms with Crippen molar-refractivity contribution in [2.24, 2.45) is 0 Å². The topological polar surface area (TPSA) is 52.5 Å². The van der Waals surface area contributed by atoms with Gasteiger partial charge in [-0.2, -0.15) is 0 Å². The Morgan fingerprint density at radius 3 is 2.74 bits per heavy atom. The van der Waals surface area contributed by atoms with Gasteiger partial charge < -0.3 is 14.3 Å². The summed E-state index contributed by atoms with van der Waals surface area (Å²) in [6.45, 7) is 4.85. The number of nitrogens with one attached hydrogen (secondary N) is 1. The van der Waals surface area contributed by atoms with Gasteiger partial charge in [0.05, 0.1) is 13.1 Å². The zero-order valence-electron chi connectivity index (χ0n) is 16.1. The van der Waals surface area contributed by atoms with E-state index in [0.717, 1.165) is 37.5 Å². The number of piperidine rings is 1. The summed E-state index contributed by atoms with van der Waals surface area (Å²) < 4.78 is 5.57. The summed E-state index contributed by atoms with van der Waals surface area (Å²) in [4.78, 5) is 20.0. The van der Waals surface area contributed by atoms with Crippen LogP contribution in [0.5, 0.6) is 0 Å². The summed E-state index contributed by atoms with van der Waals surface area (Å²) in [5, 5.41) is 1.33. The van der Waals surface area contributed by atoms with Gasteiger partial charge in [0, 0.05) is 24.1 Å². The molecule has 0 atom stereocenters. The van der Waals surface area contributed by atoms with E-state index in [9.17, 15) is 4.79 Å². The van der Waals surface area contributed by atoms with Gasteiger partial charge in [0.2, 0.25) is 5.91 Å².